The maximum atomic E-state index is 12.2. The Bertz CT molecular complexity index is 525. The van der Waals surface area contributed by atoms with Crippen LogP contribution in [0.2, 0.25) is 0 Å². The topological polar surface area (TPSA) is 92.4 Å². The highest BCUT2D eigenvalue weighted by molar-refractivity contribution is 9.10. The molecule has 4 N–H and O–H groups in total. The minimum absolute atomic E-state index is 0.0836. The van der Waals surface area contributed by atoms with E-state index in [1.54, 1.807) is 12.1 Å². The number of carbonyl (C=O) groups is 2. The first-order valence-electron chi connectivity index (χ1n) is 6.57. The van der Waals surface area contributed by atoms with Gasteiger partial charge in [0.25, 0.3) is 0 Å². The van der Waals surface area contributed by atoms with Gasteiger partial charge in [-0.05, 0) is 53.7 Å². The van der Waals surface area contributed by atoms with Crippen molar-refractivity contribution in [3.63, 3.8) is 0 Å². The number of benzene rings is 1. The van der Waals surface area contributed by atoms with E-state index in [1.165, 1.54) is 6.07 Å². The third-order valence-corrected chi connectivity index (χ3v) is 4.30. The Hall–Kier alpha value is -1.40. The third kappa shape index (κ3) is 3.37. The van der Waals surface area contributed by atoms with Gasteiger partial charge in [0.1, 0.15) is 0 Å². The van der Waals surface area contributed by atoms with Crippen molar-refractivity contribution in [3.05, 3.63) is 28.2 Å². The number of nitrogens with one attached hydrogen (secondary N) is 1. The quantitative estimate of drug-likeness (QED) is 0.788. The Kier molecular flexibility index (Phi) is 4.77. The fraction of sp³-hybridized carbons (Fsp3) is 0.429. The zero-order chi connectivity index (χ0) is 14.7. The normalized spacial score (nSPS) is 22.3. The number of carboxylic acids is 1. The Morgan fingerprint density at radius 3 is 2.50 bits per heavy atom. The minimum Gasteiger partial charge on any atom is -0.478 e. The van der Waals surface area contributed by atoms with E-state index in [0.29, 0.717) is 10.2 Å². The molecule has 0 radical (unpaired) electrons. The first kappa shape index (κ1) is 15.0. The lowest BCUT2D eigenvalue weighted by Gasteiger charge is -2.25. The maximum absolute atomic E-state index is 12.2. The molecule has 0 bridgehead atoms. The standard InChI is InChI=1S/C14H17BrN2O3/c15-11-3-1-2-10(14(19)20)12(11)17-13(18)8-4-6-9(16)7-5-8/h1-3,8-9H,4-7,16H2,(H,17,18)(H,19,20). The minimum atomic E-state index is -1.06. The third-order valence-electron chi connectivity index (χ3n) is 3.63. The fourth-order valence-corrected chi connectivity index (χ4v) is 2.90. The first-order chi connectivity index (χ1) is 9.49. The summed E-state index contributed by atoms with van der Waals surface area (Å²) in [6.45, 7) is 0. The van der Waals surface area contributed by atoms with Crippen molar-refractivity contribution < 1.29 is 14.7 Å². The van der Waals surface area contributed by atoms with E-state index in [4.69, 9.17) is 10.8 Å². The largest absolute Gasteiger partial charge is 0.478 e. The molecular formula is C14H17BrN2O3. The van der Waals surface area contributed by atoms with Gasteiger partial charge in [0.15, 0.2) is 0 Å². The zero-order valence-electron chi connectivity index (χ0n) is 10.9. The van der Waals surface area contributed by atoms with Crippen molar-refractivity contribution in [2.45, 2.75) is 31.7 Å². The molecule has 108 valence electrons. The Morgan fingerprint density at radius 1 is 1.25 bits per heavy atom. The summed E-state index contributed by atoms with van der Waals surface area (Å²) in [7, 11) is 0. The average Bonchev–Trinajstić information content (AvgIpc) is 2.41. The van der Waals surface area contributed by atoms with Crippen molar-refractivity contribution in [1.29, 1.82) is 0 Å². The Morgan fingerprint density at radius 2 is 1.90 bits per heavy atom. The highest BCUT2D eigenvalue weighted by Crippen LogP contribution is 2.29. The summed E-state index contributed by atoms with van der Waals surface area (Å²) in [5.41, 5.74) is 6.22. The van der Waals surface area contributed by atoms with Crippen molar-refractivity contribution >= 4 is 33.5 Å². The second kappa shape index (κ2) is 6.37. The second-order valence-corrected chi connectivity index (χ2v) is 5.92. The van der Waals surface area contributed by atoms with E-state index in [2.05, 4.69) is 21.2 Å². The molecule has 1 aromatic rings. The van der Waals surface area contributed by atoms with Crippen LogP contribution in [0.1, 0.15) is 36.0 Å². The lowest BCUT2D eigenvalue weighted by Crippen LogP contribution is -2.32. The summed E-state index contributed by atoms with van der Waals surface area (Å²) in [6.07, 6.45) is 3.17. The predicted molar refractivity (Wildman–Crippen MR) is 79.7 cm³/mol. The molecule has 1 fully saturated rings. The molecule has 1 aromatic carbocycles. The number of nitrogens with two attached hydrogens (primary N) is 1. The SMILES string of the molecule is NC1CCC(C(=O)Nc2c(Br)cccc2C(=O)O)CC1. The number of anilines is 1. The molecule has 1 saturated carbocycles. The van der Waals surface area contributed by atoms with Gasteiger partial charge in [0, 0.05) is 16.4 Å². The van der Waals surface area contributed by atoms with Crippen LogP contribution in [0.3, 0.4) is 0 Å². The number of halogens is 1. The van der Waals surface area contributed by atoms with E-state index >= 15 is 0 Å². The monoisotopic (exact) mass is 340 g/mol. The zero-order valence-corrected chi connectivity index (χ0v) is 12.5. The van der Waals surface area contributed by atoms with Crippen LogP contribution in [0.4, 0.5) is 5.69 Å². The molecule has 0 aliphatic heterocycles. The molecule has 0 saturated heterocycles. The number of amides is 1. The van der Waals surface area contributed by atoms with Gasteiger partial charge in [-0.25, -0.2) is 4.79 Å². The molecule has 5 nitrogen and oxygen atoms in total. The first-order valence-corrected chi connectivity index (χ1v) is 7.36. The number of aromatic carboxylic acids is 1. The molecule has 1 amide bonds. The number of rotatable bonds is 3. The van der Waals surface area contributed by atoms with Crippen molar-refractivity contribution in [2.24, 2.45) is 11.7 Å². The van der Waals surface area contributed by atoms with Crippen molar-refractivity contribution in [2.75, 3.05) is 5.32 Å². The van der Waals surface area contributed by atoms with E-state index in [1.807, 2.05) is 0 Å². The van der Waals surface area contributed by atoms with Gasteiger partial charge in [-0.2, -0.15) is 0 Å². The molecule has 1 aliphatic carbocycles. The Labute approximate surface area is 125 Å². The highest BCUT2D eigenvalue weighted by Gasteiger charge is 2.26. The number of carboxylic acid groups (broad SMARTS) is 1. The summed E-state index contributed by atoms with van der Waals surface area (Å²) in [5, 5.41) is 11.9. The molecule has 0 unspecified atom stereocenters. The molecular weight excluding hydrogens is 324 g/mol. The summed E-state index contributed by atoms with van der Waals surface area (Å²) < 4.78 is 0.568. The molecule has 20 heavy (non-hydrogen) atoms. The fourth-order valence-electron chi connectivity index (χ4n) is 2.44. The molecule has 0 atom stereocenters. The van der Waals surface area contributed by atoms with Crippen LogP contribution < -0.4 is 11.1 Å². The van der Waals surface area contributed by atoms with Crippen LogP contribution in [-0.4, -0.2) is 23.0 Å². The van der Waals surface area contributed by atoms with Crippen LogP contribution in [0.25, 0.3) is 0 Å². The molecule has 0 aromatic heterocycles. The van der Waals surface area contributed by atoms with Crippen LogP contribution in [0, 0.1) is 5.92 Å². The predicted octanol–water partition coefficient (Wildman–Crippen LogP) is 2.60. The molecule has 2 rings (SSSR count). The molecule has 0 heterocycles. The lowest BCUT2D eigenvalue weighted by atomic mass is 9.86. The van der Waals surface area contributed by atoms with Gasteiger partial charge in [0.05, 0.1) is 11.3 Å². The van der Waals surface area contributed by atoms with Crippen LogP contribution in [0.15, 0.2) is 22.7 Å². The lowest BCUT2D eigenvalue weighted by molar-refractivity contribution is -0.120. The average molecular weight is 341 g/mol. The Balaban J connectivity index is 2.13. The van der Waals surface area contributed by atoms with Gasteiger partial charge < -0.3 is 16.2 Å². The van der Waals surface area contributed by atoms with Crippen LogP contribution >= 0.6 is 15.9 Å². The van der Waals surface area contributed by atoms with Crippen LogP contribution in [-0.2, 0) is 4.79 Å². The van der Waals surface area contributed by atoms with Crippen molar-refractivity contribution in [3.8, 4) is 0 Å². The molecule has 0 spiro atoms. The van der Waals surface area contributed by atoms with E-state index in [9.17, 15) is 9.59 Å². The van der Waals surface area contributed by atoms with Crippen molar-refractivity contribution in [1.82, 2.24) is 0 Å². The number of para-hydroxylation sites is 1. The number of hydrogen-bond donors (Lipinski definition) is 3. The van der Waals surface area contributed by atoms with E-state index in [0.717, 1.165) is 25.7 Å². The molecule has 6 heteroatoms. The van der Waals surface area contributed by atoms with Gasteiger partial charge in [0.2, 0.25) is 5.91 Å². The summed E-state index contributed by atoms with van der Waals surface area (Å²) in [6, 6.07) is 4.98. The smallest absolute Gasteiger partial charge is 0.337 e. The van der Waals surface area contributed by atoms with Crippen LogP contribution in [0.5, 0.6) is 0 Å². The number of carbonyl (C=O) groups excluding carboxylic acids is 1. The summed E-state index contributed by atoms with van der Waals surface area (Å²) >= 11 is 3.28. The van der Waals surface area contributed by atoms with Gasteiger partial charge in [-0.15, -0.1) is 0 Å². The highest BCUT2D eigenvalue weighted by atomic mass is 79.9. The van der Waals surface area contributed by atoms with E-state index in [-0.39, 0.29) is 23.4 Å². The summed E-state index contributed by atoms with van der Waals surface area (Å²) in [5.74, 6) is -1.29. The maximum Gasteiger partial charge on any atom is 0.337 e. The number of hydrogen-bond acceptors (Lipinski definition) is 3. The second-order valence-electron chi connectivity index (χ2n) is 5.07. The van der Waals surface area contributed by atoms with Gasteiger partial charge >= 0.3 is 5.97 Å². The summed E-state index contributed by atoms with van der Waals surface area (Å²) in [4.78, 5) is 23.4. The van der Waals surface area contributed by atoms with E-state index < -0.39 is 5.97 Å². The van der Waals surface area contributed by atoms with Gasteiger partial charge in [-0.1, -0.05) is 6.07 Å². The molecule has 1 aliphatic rings. The van der Waals surface area contributed by atoms with Gasteiger partial charge in [-0.3, -0.25) is 4.79 Å².